The molecule has 13 heavy (non-hydrogen) atoms. The van der Waals surface area contributed by atoms with Crippen LogP contribution in [0.25, 0.3) is 0 Å². The van der Waals surface area contributed by atoms with Crippen molar-refractivity contribution in [3.05, 3.63) is 0 Å². The Morgan fingerprint density at radius 2 is 2.31 bits per heavy atom. The van der Waals surface area contributed by atoms with Gasteiger partial charge >= 0.3 is 5.97 Å². The summed E-state index contributed by atoms with van der Waals surface area (Å²) in [6.45, 7) is 2.20. The first-order chi connectivity index (χ1) is 6.18. The molecular formula is C9H16FNO2. The minimum Gasteiger partial charge on any atom is -0.481 e. The molecule has 1 rings (SSSR count). The second-order valence-corrected chi connectivity index (χ2v) is 3.54. The molecule has 1 heterocycles. The number of hydrogen-bond acceptors (Lipinski definition) is 2. The Hall–Kier alpha value is -0.640. The Kier molecular flexibility index (Phi) is 4.15. The summed E-state index contributed by atoms with van der Waals surface area (Å²) < 4.78 is 12.7. The van der Waals surface area contributed by atoms with E-state index in [-0.39, 0.29) is 6.42 Å². The molecular weight excluding hydrogens is 173 g/mol. The van der Waals surface area contributed by atoms with E-state index in [1.54, 1.807) is 0 Å². The van der Waals surface area contributed by atoms with E-state index in [1.807, 2.05) is 0 Å². The Morgan fingerprint density at radius 3 is 2.85 bits per heavy atom. The number of unbranched alkanes of at least 4 members (excludes halogenated alkanes) is 1. The van der Waals surface area contributed by atoms with Gasteiger partial charge in [-0.1, -0.05) is 0 Å². The lowest BCUT2D eigenvalue weighted by molar-refractivity contribution is -0.137. The number of hydrogen-bond donors (Lipinski definition) is 1. The third-order valence-corrected chi connectivity index (χ3v) is 2.33. The number of aliphatic carboxylic acids is 1. The van der Waals surface area contributed by atoms with E-state index in [4.69, 9.17) is 5.11 Å². The summed E-state index contributed by atoms with van der Waals surface area (Å²) in [6, 6.07) is 0. The average molecular weight is 189 g/mol. The molecule has 1 saturated heterocycles. The third-order valence-electron chi connectivity index (χ3n) is 2.33. The highest BCUT2D eigenvalue weighted by Gasteiger charge is 2.20. The predicted octanol–water partition coefficient (Wildman–Crippen LogP) is 1.29. The number of carboxylic acids is 1. The molecule has 0 aromatic carbocycles. The fraction of sp³-hybridized carbons (Fsp3) is 0.889. The number of carbonyl (C=O) groups is 1. The van der Waals surface area contributed by atoms with Gasteiger partial charge in [-0.05, 0) is 25.8 Å². The first kappa shape index (κ1) is 10.4. The highest BCUT2D eigenvalue weighted by molar-refractivity contribution is 5.66. The molecule has 76 valence electrons. The lowest BCUT2D eigenvalue weighted by atomic mass is 10.2. The summed E-state index contributed by atoms with van der Waals surface area (Å²) >= 11 is 0. The van der Waals surface area contributed by atoms with Gasteiger partial charge in [0.15, 0.2) is 0 Å². The van der Waals surface area contributed by atoms with Gasteiger partial charge in [-0.25, -0.2) is 4.39 Å². The minimum atomic E-state index is -0.746. The largest absolute Gasteiger partial charge is 0.481 e. The Morgan fingerprint density at radius 1 is 1.54 bits per heavy atom. The third kappa shape index (κ3) is 4.22. The fourth-order valence-corrected chi connectivity index (χ4v) is 1.60. The van der Waals surface area contributed by atoms with Crippen molar-refractivity contribution in [2.24, 2.45) is 0 Å². The van der Waals surface area contributed by atoms with Gasteiger partial charge in [-0.15, -0.1) is 0 Å². The van der Waals surface area contributed by atoms with Crippen molar-refractivity contribution < 1.29 is 14.3 Å². The van der Waals surface area contributed by atoms with Crippen molar-refractivity contribution >= 4 is 5.97 Å². The molecule has 4 heteroatoms. The van der Waals surface area contributed by atoms with E-state index in [0.29, 0.717) is 19.4 Å². The SMILES string of the molecule is O=C(O)CCCCN1CC[C@H](F)C1. The van der Waals surface area contributed by atoms with E-state index in [1.165, 1.54) is 0 Å². The van der Waals surface area contributed by atoms with Crippen molar-refractivity contribution in [2.75, 3.05) is 19.6 Å². The normalized spacial score (nSPS) is 23.6. The number of rotatable bonds is 5. The maximum atomic E-state index is 12.7. The molecule has 0 unspecified atom stereocenters. The summed E-state index contributed by atoms with van der Waals surface area (Å²) in [6.07, 6.45) is 1.76. The molecule has 1 aliphatic rings. The van der Waals surface area contributed by atoms with Gasteiger partial charge in [0, 0.05) is 19.5 Å². The monoisotopic (exact) mass is 189 g/mol. The van der Waals surface area contributed by atoms with Crippen LogP contribution in [-0.2, 0) is 4.79 Å². The first-order valence-electron chi connectivity index (χ1n) is 4.76. The van der Waals surface area contributed by atoms with Crippen LogP contribution in [0.4, 0.5) is 4.39 Å². The molecule has 3 nitrogen and oxygen atoms in total. The molecule has 0 saturated carbocycles. The highest BCUT2D eigenvalue weighted by Crippen LogP contribution is 2.12. The summed E-state index contributed by atoms with van der Waals surface area (Å²) in [5.41, 5.74) is 0. The van der Waals surface area contributed by atoms with Gasteiger partial charge in [0.05, 0.1) is 0 Å². The lowest BCUT2D eigenvalue weighted by Crippen LogP contribution is -2.22. The molecule has 0 bridgehead atoms. The molecule has 1 fully saturated rings. The maximum absolute atomic E-state index is 12.7. The van der Waals surface area contributed by atoms with Crippen LogP contribution < -0.4 is 0 Å². The maximum Gasteiger partial charge on any atom is 0.303 e. The van der Waals surface area contributed by atoms with Crippen molar-refractivity contribution in [2.45, 2.75) is 31.9 Å². The smallest absolute Gasteiger partial charge is 0.303 e. The second-order valence-electron chi connectivity index (χ2n) is 3.54. The zero-order chi connectivity index (χ0) is 9.68. The van der Waals surface area contributed by atoms with Crippen molar-refractivity contribution in [3.8, 4) is 0 Å². The minimum absolute atomic E-state index is 0.229. The molecule has 0 radical (unpaired) electrons. The van der Waals surface area contributed by atoms with Gasteiger partial charge in [0.25, 0.3) is 0 Å². The van der Waals surface area contributed by atoms with Crippen molar-refractivity contribution in [1.82, 2.24) is 4.90 Å². The molecule has 0 aromatic rings. The molecule has 0 aromatic heterocycles. The summed E-state index contributed by atoms with van der Waals surface area (Å²) in [7, 11) is 0. The number of carboxylic acid groups (broad SMARTS) is 1. The van der Waals surface area contributed by atoms with E-state index in [0.717, 1.165) is 19.5 Å². The van der Waals surface area contributed by atoms with Crippen LogP contribution in [0.1, 0.15) is 25.7 Å². The van der Waals surface area contributed by atoms with Gasteiger partial charge in [0.2, 0.25) is 0 Å². The predicted molar refractivity (Wildman–Crippen MR) is 47.4 cm³/mol. The Bertz CT molecular complexity index is 175. The molecule has 0 spiro atoms. The van der Waals surface area contributed by atoms with Crippen molar-refractivity contribution in [1.29, 1.82) is 0 Å². The number of nitrogens with zero attached hydrogens (tertiary/aromatic N) is 1. The van der Waals surface area contributed by atoms with E-state index >= 15 is 0 Å². The zero-order valence-corrected chi connectivity index (χ0v) is 7.71. The van der Waals surface area contributed by atoms with Gasteiger partial charge < -0.3 is 10.0 Å². The van der Waals surface area contributed by atoms with Crippen LogP contribution in [0, 0.1) is 0 Å². The summed E-state index contributed by atoms with van der Waals surface area (Å²) in [4.78, 5) is 12.2. The Labute approximate surface area is 77.5 Å². The summed E-state index contributed by atoms with van der Waals surface area (Å²) in [5.74, 6) is -0.746. The fourth-order valence-electron chi connectivity index (χ4n) is 1.60. The summed E-state index contributed by atoms with van der Waals surface area (Å²) in [5, 5.41) is 8.37. The topological polar surface area (TPSA) is 40.5 Å². The van der Waals surface area contributed by atoms with Gasteiger partial charge in [0.1, 0.15) is 6.17 Å². The number of halogens is 1. The van der Waals surface area contributed by atoms with E-state index in [9.17, 15) is 9.18 Å². The Balaban J connectivity index is 1.97. The highest BCUT2D eigenvalue weighted by atomic mass is 19.1. The first-order valence-corrected chi connectivity index (χ1v) is 4.76. The van der Waals surface area contributed by atoms with Crippen LogP contribution in [-0.4, -0.2) is 41.8 Å². The van der Waals surface area contributed by atoms with E-state index < -0.39 is 12.1 Å². The second kappa shape index (κ2) is 5.17. The van der Waals surface area contributed by atoms with Crippen LogP contribution >= 0.6 is 0 Å². The van der Waals surface area contributed by atoms with Crippen LogP contribution in [0.15, 0.2) is 0 Å². The molecule has 1 aliphatic heterocycles. The average Bonchev–Trinajstić information content (AvgIpc) is 2.45. The van der Waals surface area contributed by atoms with Crippen LogP contribution in [0.5, 0.6) is 0 Å². The van der Waals surface area contributed by atoms with Crippen molar-refractivity contribution in [3.63, 3.8) is 0 Å². The van der Waals surface area contributed by atoms with Gasteiger partial charge in [-0.3, -0.25) is 4.79 Å². The molecule has 0 aliphatic carbocycles. The number of likely N-dealkylation sites (tertiary alicyclic amines) is 1. The van der Waals surface area contributed by atoms with Crippen LogP contribution in [0.2, 0.25) is 0 Å². The lowest BCUT2D eigenvalue weighted by Gasteiger charge is -2.13. The standard InChI is InChI=1S/C9H16FNO2/c10-8-4-6-11(7-8)5-2-1-3-9(12)13/h8H,1-7H2,(H,12,13)/t8-/m0/s1. The van der Waals surface area contributed by atoms with Crippen LogP contribution in [0.3, 0.4) is 0 Å². The molecule has 0 amide bonds. The molecule has 1 N–H and O–H groups in total. The number of alkyl halides is 1. The zero-order valence-electron chi connectivity index (χ0n) is 7.71. The van der Waals surface area contributed by atoms with Gasteiger partial charge in [-0.2, -0.15) is 0 Å². The molecule has 1 atom stereocenters. The van der Waals surface area contributed by atoms with E-state index in [2.05, 4.69) is 4.90 Å². The quantitative estimate of drug-likeness (QED) is 0.662.